The summed E-state index contributed by atoms with van der Waals surface area (Å²) in [5.74, 6) is 3.51. The van der Waals surface area contributed by atoms with Crippen LogP contribution in [0.4, 0.5) is 4.79 Å². The van der Waals surface area contributed by atoms with Crippen LogP contribution < -0.4 is 5.32 Å². The molecule has 1 atom stereocenters. The Morgan fingerprint density at radius 3 is 1.66 bits per heavy atom. The number of thioether (sulfide) groups is 2. The highest BCUT2D eigenvalue weighted by atomic mass is 32.2. The minimum Gasteiger partial charge on any atom is -0.448 e. The standard InChI is InChI=1S/C32H66N2O2S2/c1-5-9-11-13-15-17-19-21-23-27-37-30-31(29-36-32(35)33-25-26-34(7-3)8-4)38-28-24-22-20-18-16-14-12-10-6-2/h31H,5-30H2,1-4H3,(H,33,35). The van der Waals surface area contributed by atoms with Gasteiger partial charge in [-0.15, -0.1) is 0 Å². The third-order valence-corrected chi connectivity index (χ3v) is 10.0. The highest BCUT2D eigenvalue weighted by Gasteiger charge is 2.13. The Labute approximate surface area is 247 Å². The molecule has 38 heavy (non-hydrogen) atoms. The second-order valence-electron chi connectivity index (χ2n) is 10.8. The molecule has 1 N–H and O–H groups in total. The van der Waals surface area contributed by atoms with Gasteiger partial charge in [0.25, 0.3) is 0 Å². The number of amides is 1. The fourth-order valence-corrected chi connectivity index (χ4v) is 7.09. The van der Waals surface area contributed by atoms with Gasteiger partial charge in [0, 0.05) is 24.1 Å². The van der Waals surface area contributed by atoms with Gasteiger partial charge in [-0.2, -0.15) is 23.5 Å². The molecule has 0 radical (unpaired) electrons. The molecule has 0 bridgehead atoms. The second-order valence-corrected chi connectivity index (χ2v) is 13.3. The van der Waals surface area contributed by atoms with Gasteiger partial charge in [-0.05, 0) is 37.4 Å². The number of ether oxygens (including phenoxy) is 1. The number of hydrogen-bond donors (Lipinski definition) is 1. The SMILES string of the molecule is CCCCCCCCCCCSCC(COC(=O)NCCN(CC)CC)SCCCCCCCCCCC. The summed E-state index contributed by atoms with van der Waals surface area (Å²) in [5, 5.41) is 3.34. The van der Waals surface area contributed by atoms with Gasteiger partial charge in [-0.3, -0.25) is 0 Å². The average Bonchev–Trinajstić information content (AvgIpc) is 2.93. The van der Waals surface area contributed by atoms with Gasteiger partial charge in [-0.25, -0.2) is 4.79 Å². The number of hydrogen-bond acceptors (Lipinski definition) is 5. The van der Waals surface area contributed by atoms with Crippen molar-refractivity contribution in [1.29, 1.82) is 0 Å². The van der Waals surface area contributed by atoms with Crippen LogP contribution in [0.5, 0.6) is 0 Å². The molecule has 0 aromatic carbocycles. The van der Waals surface area contributed by atoms with Gasteiger partial charge in [0.05, 0.1) is 0 Å². The van der Waals surface area contributed by atoms with E-state index in [1.807, 2.05) is 11.8 Å². The van der Waals surface area contributed by atoms with Crippen LogP contribution >= 0.6 is 23.5 Å². The molecule has 0 aromatic rings. The molecule has 0 heterocycles. The fourth-order valence-electron chi connectivity index (χ4n) is 4.61. The van der Waals surface area contributed by atoms with Gasteiger partial charge in [0.1, 0.15) is 6.61 Å². The third-order valence-electron chi connectivity index (χ3n) is 7.29. The maximum atomic E-state index is 12.2. The van der Waals surface area contributed by atoms with E-state index in [4.69, 9.17) is 4.74 Å². The molecule has 6 heteroatoms. The molecule has 4 nitrogen and oxygen atoms in total. The summed E-state index contributed by atoms with van der Waals surface area (Å²) in [6.07, 6.45) is 24.6. The van der Waals surface area contributed by atoms with Crippen molar-refractivity contribution in [2.45, 2.75) is 149 Å². The van der Waals surface area contributed by atoms with Crippen molar-refractivity contribution in [3.63, 3.8) is 0 Å². The number of nitrogens with one attached hydrogen (secondary N) is 1. The molecule has 0 rings (SSSR count). The molecular weight excluding hydrogens is 508 g/mol. The Balaban J connectivity index is 4.09. The number of likely N-dealkylation sites (N-methyl/N-ethyl adjacent to an activating group) is 1. The Morgan fingerprint density at radius 2 is 1.16 bits per heavy atom. The molecule has 0 aromatic heterocycles. The Kier molecular flexibility index (Phi) is 31.4. The van der Waals surface area contributed by atoms with Crippen molar-refractivity contribution in [3.05, 3.63) is 0 Å². The minimum atomic E-state index is -0.255. The first-order valence-electron chi connectivity index (χ1n) is 16.5. The Bertz CT molecular complexity index is 478. The largest absolute Gasteiger partial charge is 0.448 e. The van der Waals surface area contributed by atoms with E-state index in [0.717, 1.165) is 25.4 Å². The first-order chi connectivity index (χ1) is 18.7. The van der Waals surface area contributed by atoms with Gasteiger partial charge in [-0.1, -0.05) is 130 Å². The first-order valence-corrected chi connectivity index (χ1v) is 18.7. The van der Waals surface area contributed by atoms with E-state index in [1.165, 1.54) is 127 Å². The summed E-state index contributed by atoms with van der Waals surface area (Å²) >= 11 is 4.08. The van der Waals surface area contributed by atoms with Crippen LogP contribution in [0.2, 0.25) is 0 Å². The highest BCUT2D eigenvalue weighted by molar-refractivity contribution is 8.03. The molecule has 0 saturated carbocycles. The highest BCUT2D eigenvalue weighted by Crippen LogP contribution is 2.21. The maximum Gasteiger partial charge on any atom is 0.407 e. The van der Waals surface area contributed by atoms with E-state index in [0.29, 0.717) is 18.4 Å². The van der Waals surface area contributed by atoms with Gasteiger partial charge >= 0.3 is 6.09 Å². The molecule has 0 aliphatic heterocycles. The smallest absolute Gasteiger partial charge is 0.407 e. The van der Waals surface area contributed by atoms with Crippen LogP contribution in [0.3, 0.4) is 0 Å². The van der Waals surface area contributed by atoms with Crippen molar-refractivity contribution < 1.29 is 9.53 Å². The average molecular weight is 575 g/mol. The van der Waals surface area contributed by atoms with Crippen LogP contribution in [0.1, 0.15) is 143 Å². The van der Waals surface area contributed by atoms with Gasteiger partial charge in [0.2, 0.25) is 0 Å². The van der Waals surface area contributed by atoms with Gasteiger partial charge < -0.3 is 15.0 Å². The van der Waals surface area contributed by atoms with E-state index in [9.17, 15) is 4.79 Å². The third kappa shape index (κ3) is 27.5. The molecule has 0 aliphatic rings. The number of unbranched alkanes of at least 4 members (excludes halogenated alkanes) is 16. The number of rotatable bonds is 30. The lowest BCUT2D eigenvalue weighted by atomic mass is 10.1. The Hall–Kier alpha value is -0.0700. The fraction of sp³-hybridized carbons (Fsp3) is 0.969. The first kappa shape index (κ1) is 37.9. The normalized spacial score (nSPS) is 12.2. The lowest BCUT2D eigenvalue weighted by molar-refractivity contribution is 0.146. The lowest BCUT2D eigenvalue weighted by Crippen LogP contribution is -2.36. The number of alkyl carbamates (subject to hydrolysis) is 1. The monoisotopic (exact) mass is 574 g/mol. The molecule has 228 valence electrons. The van der Waals surface area contributed by atoms with Crippen LogP contribution in [0.15, 0.2) is 0 Å². The van der Waals surface area contributed by atoms with E-state index >= 15 is 0 Å². The number of nitrogens with zero attached hydrogens (tertiary/aromatic N) is 1. The summed E-state index contributed by atoms with van der Waals surface area (Å²) in [4.78, 5) is 14.6. The molecule has 0 fully saturated rings. The van der Waals surface area contributed by atoms with E-state index in [-0.39, 0.29) is 6.09 Å². The maximum absolute atomic E-state index is 12.2. The molecular formula is C32H66N2O2S2. The lowest BCUT2D eigenvalue weighted by Gasteiger charge is -2.19. The second kappa shape index (κ2) is 31.5. The summed E-state index contributed by atoms with van der Waals surface area (Å²) in [6, 6.07) is 0. The molecule has 1 amide bonds. The number of carbonyl (C=O) groups is 1. The summed E-state index contributed by atoms with van der Waals surface area (Å²) in [7, 11) is 0. The Morgan fingerprint density at radius 1 is 0.684 bits per heavy atom. The van der Waals surface area contributed by atoms with Crippen molar-refractivity contribution in [2.24, 2.45) is 0 Å². The molecule has 0 spiro atoms. The van der Waals surface area contributed by atoms with Crippen molar-refractivity contribution in [3.8, 4) is 0 Å². The summed E-state index contributed by atoms with van der Waals surface area (Å²) < 4.78 is 5.64. The minimum absolute atomic E-state index is 0.255. The van der Waals surface area contributed by atoms with Crippen LogP contribution in [-0.2, 0) is 4.74 Å². The molecule has 0 aliphatic carbocycles. The van der Waals surface area contributed by atoms with Crippen LogP contribution in [-0.4, -0.2) is 66.3 Å². The van der Waals surface area contributed by atoms with Crippen molar-refractivity contribution in [1.82, 2.24) is 10.2 Å². The predicted molar refractivity (Wildman–Crippen MR) is 175 cm³/mol. The van der Waals surface area contributed by atoms with Crippen molar-refractivity contribution in [2.75, 3.05) is 50.0 Å². The quantitative estimate of drug-likeness (QED) is 0.0865. The zero-order valence-corrected chi connectivity index (χ0v) is 27.7. The zero-order chi connectivity index (χ0) is 27.9. The van der Waals surface area contributed by atoms with Crippen molar-refractivity contribution >= 4 is 29.6 Å². The predicted octanol–water partition coefficient (Wildman–Crippen LogP) is 9.95. The van der Waals surface area contributed by atoms with Gasteiger partial charge in [0.15, 0.2) is 0 Å². The summed E-state index contributed by atoms with van der Waals surface area (Å²) in [6.45, 7) is 13.0. The van der Waals surface area contributed by atoms with Crippen LogP contribution in [0.25, 0.3) is 0 Å². The molecule has 0 saturated heterocycles. The van der Waals surface area contributed by atoms with E-state index in [1.54, 1.807) is 0 Å². The van der Waals surface area contributed by atoms with E-state index < -0.39 is 0 Å². The summed E-state index contributed by atoms with van der Waals surface area (Å²) in [5.41, 5.74) is 0. The van der Waals surface area contributed by atoms with E-state index in [2.05, 4.69) is 49.7 Å². The topological polar surface area (TPSA) is 41.6 Å². The van der Waals surface area contributed by atoms with Crippen LogP contribution in [0, 0.1) is 0 Å². The zero-order valence-electron chi connectivity index (χ0n) is 26.0. The molecule has 1 unspecified atom stereocenters. The number of carbonyl (C=O) groups excluding carboxylic acids is 1.